The lowest BCUT2D eigenvalue weighted by Gasteiger charge is -2.21. The first-order chi connectivity index (χ1) is 10.5. The Morgan fingerprint density at radius 2 is 2.05 bits per heavy atom. The Kier molecular flexibility index (Phi) is 8.82. The van der Waals surface area contributed by atoms with E-state index < -0.39 is 12.0 Å². The molecule has 1 aliphatic carbocycles. The number of hydrogen-bond acceptors (Lipinski definition) is 4. The lowest BCUT2D eigenvalue weighted by molar-refractivity contribution is -0.148. The highest BCUT2D eigenvalue weighted by Crippen LogP contribution is 2.21. The maximum absolute atomic E-state index is 11.8. The van der Waals surface area contributed by atoms with Crippen molar-refractivity contribution in [2.45, 2.75) is 70.4 Å². The third-order valence-electron chi connectivity index (χ3n) is 4.22. The van der Waals surface area contributed by atoms with Gasteiger partial charge in [-0.3, -0.25) is 14.9 Å². The second kappa shape index (κ2) is 10.4. The minimum Gasteiger partial charge on any atom is -0.480 e. The highest BCUT2D eigenvalue weighted by Gasteiger charge is 2.26. The van der Waals surface area contributed by atoms with E-state index in [-0.39, 0.29) is 24.5 Å². The van der Waals surface area contributed by atoms with E-state index in [2.05, 4.69) is 11.9 Å². The molecule has 126 valence electrons. The standard InChI is InChI=1S/C17H29NO4/c1-3-4-5-6-9-13(2)16(17(20)21)18-12-15(19)22-14-10-7-8-11-14/h3,13-14,16,18H,1,4-12H2,2H3,(H,20,21)/t13-,16+/m1/s1. The van der Waals surface area contributed by atoms with Crippen LogP contribution in [0.3, 0.4) is 0 Å². The van der Waals surface area contributed by atoms with Crippen molar-refractivity contribution in [3.05, 3.63) is 12.7 Å². The fourth-order valence-corrected chi connectivity index (χ4v) is 2.88. The number of carbonyl (C=O) groups is 2. The molecule has 1 rings (SSSR count). The van der Waals surface area contributed by atoms with E-state index in [9.17, 15) is 14.7 Å². The highest BCUT2D eigenvalue weighted by molar-refractivity contribution is 5.76. The number of aliphatic carboxylic acids is 1. The van der Waals surface area contributed by atoms with Gasteiger partial charge in [0.25, 0.3) is 0 Å². The van der Waals surface area contributed by atoms with E-state index in [0.29, 0.717) is 0 Å². The normalized spacial score (nSPS) is 17.9. The molecule has 0 unspecified atom stereocenters. The van der Waals surface area contributed by atoms with Crippen molar-refractivity contribution in [1.29, 1.82) is 0 Å². The Bertz CT molecular complexity index is 364. The molecule has 1 fully saturated rings. The van der Waals surface area contributed by atoms with Crippen LogP contribution in [0.15, 0.2) is 12.7 Å². The molecule has 0 aromatic rings. The average molecular weight is 311 g/mol. The number of esters is 1. The zero-order valence-electron chi connectivity index (χ0n) is 13.6. The van der Waals surface area contributed by atoms with Crippen LogP contribution in [0, 0.1) is 5.92 Å². The van der Waals surface area contributed by atoms with Crippen molar-refractivity contribution in [3.63, 3.8) is 0 Å². The van der Waals surface area contributed by atoms with Gasteiger partial charge in [-0.05, 0) is 50.9 Å². The molecular weight excluding hydrogens is 282 g/mol. The zero-order valence-corrected chi connectivity index (χ0v) is 13.6. The molecule has 2 N–H and O–H groups in total. The number of hydrogen-bond donors (Lipinski definition) is 2. The van der Waals surface area contributed by atoms with Crippen molar-refractivity contribution in [1.82, 2.24) is 5.32 Å². The average Bonchev–Trinajstić information content (AvgIpc) is 2.96. The first kappa shape index (κ1) is 18.7. The molecule has 5 nitrogen and oxygen atoms in total. The molecule has 1 saturated carbocycles. The predicted octanol–water partition coefficient (Wildman–Crippen LogP) is 2.90. The number of carbonyl (C=O) groups excluding carboxylic acids is 1. The van der Waals surface area contributed by atoms with Crippen LogP contribution in [0.5, 0.6) is 0 Å². The summed E-state index contributed by atoms with van der Waals surface area (Å²) in [5.74, 6) is -1.29. The second-order valence-electron chi connectivity index (χ2n) is 6.14. The smallest absolute Gasteiger partial charge is 0.320 e. The van der Waals surface area contributed by atoms with E-state index in [1.807, 2.05) is 13.0 Å². The van der Waals surface area contributed by atoms with Crippen LogP contribution in [0.4, 0.5) is 0 Å². The maximum atomic E-state index is 11.8. The molecule has 0 radical (unpaired) electrons. The molecule has 0 aromatic heterocycles. The van der Waals surface area contributed by atoms with Gasteiger partial charge in [0, 0.05) is 0 Å². The molecular formula is C17H29NO4. The number of unbranched alkanes of at least 4 members (excludes halogenated alkanes) is 2. The van der Waals surface area contributed by atoms with E-state index >= 15 is 0 Å². The second-order valence-corrected chi connectivity index (χ2v) is 6.14. The number of ether oxygens (including phenoxy) is 1. The van der Waals surface area contributed by atoms with Crippen LogP contribution < -0.4 is 5.32 Å². The summed E-state index contributed by atoms with van der Waals surface area (Å²) in [5, 5.41) is 12.2. The van der Waals surface area contributed by atoms with E-state index in [4.69, 9.17) is 4.74 Å². The topological polar surface area (TPSA) is 75.6 Å². The Morgan fingerprint density at radius 3 is 2.64 bits per heavy atom. The monoisotopic (exact) mass is 311 g/mol. The summed E-state index contributed by atoms with van der Waals surface area (Å²) >= 11 is 0. The van der Waals surface area contributed by atoms with Crippen molar-refractivity contribution in [2.24, 2.45) is 5.92 Å². The van der Waals surface area contributed by atoms with Gasteiger partial charge in [0.1, 0.15) is 12.1 Å². The maximum Gasteiger partial charge on any atom is 0.320 e. The SMILES string of the molecule is C=CCCCC[C@@H](C)[C@H](NCC(=O)OC1CCCC1)C(=O)O. The van der Waals surface area contributed by atoms with Crippen LogP contribution in [0.1, 0.15) is 58.3 Å². The third kappa shape index (κ3) is 7.07. The fourth-order valence-electron chi connectivity index (χ4n) is 2.88. The summed E-state index contributed by atoms with van der Waals surface area (Å²) in [7, 11) is 0. The Labute approximate surface area is 133 Å². The van der Waals surface area contributed by atoms with Gasteiger partial charge >= 0.3 is 11.9 Å². The quantitative estimate of drug-likeness (QED) is 0.348. The Balaban J connectivity index is 2.31. The summed E-state index contributed by atoms with van der Waals surface area (Å²) in [6, 6.07) is -0.708. The van der Waals surface area contributed by atoms with Gasteiger partial charge < -0.3 is 9.84 Å². The largest absolute Gasteiger partial charge is 0.480 e. The molecule has 2 atom stereocenters. The first-order valence-corrected chi connectivity index (χ1v) is 8.31. The number of rotatable bonds is 11. The van der Waals surface area contributed by atoms with Gasteiger partial charge in [-0.2, -0.15) is 0 Å². The summed E-state index contributed by atoms with van der Waals surface area (Å²) < 4.78 is 5.33. The van der Waals surface area contributed by atoms with Crippen LogP contribution in [0.25, 0.3) is 0 Å². The van der Waals surface area contributed by atoms with E-state index in [1.165, 1.54) is 0 Å². The van der Waals surface area contributed by atoms with Crippen LogP contribution >= 0.6 is 0 Å². The van der Waals surface area contributed by atoms with Crippen LogP contribution in [-0.2, 0) is 14.3 Å². The third-order valence-corrected chi connectivity index (χ3v) is 4.22. The molecule has 1 aliphatic rings. The van der Waals surface area contributed by atoms with Gasteiger partial charge in [-0.15, -0.1) is 6.58 Å². The van der Waals surface area contributed by atoms with Gasteiger partial charge in [0.2, 0.25) is 0 Å². The molecule has 22 heavy (non-hydrogen) atoms. The van der Waals surface area contributed by atoms with E-state index in [0.717, 1.165) is 51.4 Å². The lowest BCUT2D eigenvalue weighted by atomic mass is 9.95. The highest BCUT2D eigenvalue weighted by atomic mass is 16.5. The van der Waals surface area contributed by atoms with Gasteiger partial charge in [0.05, 0.1) is 6.54 Å². The minimum atomic E-state index is -0.912. The van der Waals surface area contributed by atoms with Crippen molar-refractivity contribution < 1.29 is 19.4 Å². The molecule has 0 bridgehead atoms. The molecule has 0 spiro atoms. The number of carboxylic acids is 1. The van der Waals surface area contributed by atoms with Crippen molar-refractivity contribution >= 4 is 11.9 Å². The Hall–Kier alpha value is -1.36. The van der Waals surface area contributed by atoms with Crippen LogP contribution in [0.2, 0.25) is 0 Å². The number of carboxylic acid groups (broad SMARTS) is 1. The molecule has 5 heteroatoms. The molecule has 0 saturated heterocycles. The van der Waals surface area contributed by atoms with Crippen LogP contribution in [-0.4, -0.2) is 35.7 Å². The first-order valence-electron chi connectivity index (χ1n) is 8.31. The lowest BCUT2D eigenvalue weighted by Crippen LogP contribution is -2.44. The Morgan fingerprint density at radius 1 is 1.36 bits per heavy atom. The molecule has 0 aromatic carbocycles. The number of allylic oxidation sites excluding steroid dienone is 1. The minimum absolute atomic E-state index is 0.0221. The fraction of sp³-hybridized carbons (Fsp3) is 0.765. The molecule has 0 amide bonds. The molecule has 0 heterocycles. The van der Waals surface area contributed by atoms with E-state index in [1.54, 1.807) is 0 Å². The zero-order chi connectivity index (χ0) is 16.4. The van der Waals surface area contributed by atoms with Crippen molar-refractivity contribution in [2.75, 3.05) is 6.54 Å². The summed E-state index contributed by atoms with van der Waals surface area (Å²) in [5.41, 5.74) is 0. The van der Waals surface area contributed by atoms with Gasteiger partial charge in [-0.1, -0.05) is 19.4 Å². The number of nitrogens with one attached hydrogen (secondary N) is 1. The predicted molar refractivity (Wildman–Crippen MR) is 85.6 cm³/mol. The summed E-state index contributed by atoms with van der Waals surface area (Å²) in [6.45, 7) is 5.54. The summed E-state index contributed by atoms with van der Waals surface area (Å²) in [6.07, 6.45) is 9.69. The van der Waals surface area contributed by atoms with Gasteiger partial charge in [-0.25, -0.2) is 0 Å². The summed E-state index contributed by atoms with van der Waals surface area (Å²) in [4.78, 5) is 23.1. The van der Waals surface area contributed by atoms with Crippen molar-refractivity contribution in [3.8, 4) is 0 Å². The molecule has 0 aliphatic heterocycles. The van der Waals surface area contributed by atoms with Gasteiger partial charge in [0.15, 0.2) is 0 Å².